The van der Waals surface area contributed by atoms with Crippen LogP contribution in [0.5, 0.6) is 0 Å². The van der Waals surface area contributed by atoms with E-state index in [9.17, 15) is 41.8 Å². The highest BCUT2D eigenvalue weighted by Gasteiger charge is 2.47. The normalized spacial score (nSPS) is 33.0. The van der Waals surface area contributed by atoms with E-state index in [0.29, 0.717) is 12.8 Å². The van der Waals surface area contributed by atoms with E-state index in [1.807, 2.05) is 5.32 Å². The van der Waals surface area contributed by atoms with Crippen molar-refractivity contribution in [2.75, 3.05) is 6.54 Å². The van der Waals surface area contributed by atoms with Crippen LogP contribution in [0.15, 0.2) is 21.9 Å². The number of hydrogen-bond acceptors (Lipinski definition) is 5. The average Bonchev–Trinajstić information content (AvgIpc) is 2.90. The zero-order valence-corrected chi connectivity index (χ0v) is 22.8. The molecule has 1 aromatic rings. The van der Waals surface area contributed by atoms with Crippen molar-refractivity contribution < 1.29 is 36.6 Å². The summed E-state index contributed by atoms with van der Waals surface area (Å²) < 4.78 is 70.2. The van der Waals surface area contributed by atoms with Crippen LogP contribution >= 0.6 is 0 Å². The third-order valence-corrected chi connectivity index (χ3v) is 9.21. The third kappa shape index (κ3) is 7.00. The van der Waals surface area contributed by atoms with Gasteiger partial charge in [0.1, 0.15) is 24.3 Å². The van der Waals surface area contributed by atoms with E-state index in [-0.39, 0.29) is 43.1 Å². The zero-order chi connectivity index (χ0) is 30.1. The number of nitrogens with one attached hydrogen (secondary N) is 2. The number of hydrogen-bond donors (Lipinski definition) is 3. The summed E-state index contributed by atoms with van der Waals surface area (Å²) >= 11 is 0. The SMILES string of the molecule is Cn1ccc(=O)n(C2CCCC3C(C[C@H](NC(=O)C4C(F)CCC(NCC(F)(F)F)C4F)C(=O)O)CCCC32)c1=O. The lowest BCUT2D eigenvalue weighted by atomic mass is 9.62. The summed E-state index contributed by atoms with van der Waals surface area (Å²) in [6, 6.07) is -1.85. The van der Waals surface area contributed by atoms with Crippen molar-refractivity contribution in [1.82, 2.24) is 19.8 Å². The minimum absolute atomic E-state index is 0.00691. The number of aliphatic carboxylic acids is 1. The fourth-order valence-electron chi connectivity index (χ4n) is 7.29. The molecule has 1 amide bonds. The quantitative estimate of drug-likeness (QED) is 0.399. The van der Waals surface area contributed by atoms with Crippen LogP contribution in [0.1, 0.15) is 63.8 Å². The first-order chi connectivity index (χ1) is 19.3. The highest BCUT2D eigenvalue weighted by Crippen LogP contribution is 2.49. The van der Waals surface area contributed by atoms with Gasteiger partial charge in [0.05, 0.1) is 6.54 Å². The molecule has 1 heterocycles. The highest BCUT2D eigenvalue weighted by molar-refractivity contribution is 5.85. The molecule has 0 spiro atoms. The summed E-state index contributed by atoms with van der Waals surface area (Å²) in [6.07, 6.45) is -3.77. The van der Waals surface area contributed by atoms with Crippen molar-refractivity contribution in [3.63, 3.8) is 0 Å². The summed E-state index contributed by atoms with van der Waals surface area (Å²) in [4.78, 5) is 50.6. The monoisotopic (exact) mass is 592 g/mol. The molecule has 3 aliphatic carbocycles. The molecule has 14 heteroatoms. The molecule has 1 aromatic heterocycles. The van der Waals surface area contributed by atoms with Gasteiger partial charge in [-0.15, -0.1) is 0 Å². The van der Waals surface area contributed by atoms with Crippen LogP contribution < -0.4 is 21.9 Å². The van der Waals surface area contributed by atoms with Gasteiger partial charge in [-0.05, 0) is 56.3 Å². The Bertz CT molecular complexity index is 1220. The summed E-state index contributed by atoms with van der Waals surface area (Å²) in [5.41, 5.74) is -0.813. The molecular formula is C27H37F5N4O5. The van der Waals surface area contributed by atoms with Gasteiger partial charge < -0.3 is 20.3 Å². The number of aromatic nitrogens is 2. The second-order valence-electron chi connectivity index (χ2n) is 11.7. The minimum atomic E-state index is -4.62. The molecule has 3 saturated carbocycles. The Morgan fingerprint density at radius 1 is 1.05 bits per heavy atom. The molecule has 3 aliphatic rings. The Morgan fingerprint density at radius 2 is 1.73 bits per heavy atom. The lowest BCUT2D eigenvalue weighted by molar-refractivity contribution is -0.146. The average molecular weight is 593 g/mol. The fraction of sp³-hybridized carbons (Fsp3) is 0.778. The molecule has 3 N–H and O–H groups in total. The van der Waals surface area contributed by atoms with Gasteiger partial charge in [0.15, 0.2) is 0 Å². The number of aryl methyl sites for hydroxylation is 1. The molecule has 9 nitrogen and oxygen atoms in total. The smallest absolute Gasteiger partial charge is 0.401 e. The topological polar surface area (TPSA) is 122 Å². The number of carboxylic acids is 1. The van der Waals surface area contributed by atoms with Crippen molar-refractivity contribution in [3.8, 4) is 0 Å². The van der Waals surface area contributed by atoms with Gasteiger partial charge in [0, 0.05) is 31.4 Å². The summed E-state index contributed by atoms with van der Waals surface area (Å²) in [5.74, 6) is -4.75. The Kier molecular flexibility index (Phi) is 9.59. The van der Waals surface area contributed by atoms with Crippen molar-refractivity contribution in [2.24, 2.45) is 30.7 Å². The molecule has 0 aliphatic heterocycles. The van der Waals surface area contributed by atoms with E-state index < -0.39 is 66.2 Å². The molecule has 41 heavy (non-hydrogen) atoms. The van der Waals surface area contributed by atoms with Gasteiger partial charge in [-0.1, -0.05) is 19.3 Å². The number of rotatable bonds is 8. The van der Waals surface area contributed by atoms with Crippen LogP contribution in [-0.4, -0.2) is 63.3 Å². The Labute approximate surface area is 233 Å². The number of nitrogens with zero attached hydrogens (tertiary/aromatic N) is 2. The van der Waals surface area contributed by atoms with Crippen molar-refractivity contribution in [1.29, 1.82) is 0 Å². The predicted octanol–water partition coefficient (Wildman–Crippen LogP) is 2.87. The van der Waals surface area contributed by atoms with Gasteiger partial charge in [-0.25, -0.2) is 18.4 Å². The van der Waals surface area contributed by atoms with Gasteiger partial charge in [-0.3, -0.25) is 14.2 Å². The summed E-state index contributed by atoms with van der Waals surface area (Å²) in [5, 5.41) is 14.2. The molecule has 3 fully saturated rings. The molecule has 4 rings (SSSR count). The Hall–Kier alpha value is -2.77. The molecule has 0 bridgehead atoms. The summed E-state index contributed by atoms with van der Waals surface area (Å²) in [7, 11) is 1.56. The fourth-order valence-corrected chi connectivity index (χ4v) is 7.29. The van der Waals surface area contributed by atoms with Crippen molar-refractivity contribution in [2.45, 2.75) is 94.4 Å². The Morgan fingerprint density at radius 3 is 2.41 bits per heavy atom. The molecule has 0 aromatic carbocycles. The molecule has 0 saturated heterocycles. The third-order valence-electron chi connectivity index (χ3n) is 9.21. The molecule has 9 atom stereocenters. The number of amides is 1. The second kappa shape index (κ2) is 12.6. The van der Waals surface area contributed by atoms with Crippen LogP contribution in [0, 0.1) is 23.7 Å². The number of fused-ring (bicyclic) bond motifs is 1. The standard InChI is InChI=1S/C27H37F5N4O5/c1-35-11-10-21(37)36(26(35)41)20-7-3-5-15-14(4-2-6-16(15)20)12-19(25(39)40)34-24(38)22-17(28)8-9-18(23(22)29)33-13-27(30,31)32/h10-11,14-20,22-23,33H,2-9,12-13H2,1H3,(H,34,38)(H,39,40)/t14?,15?,16?,17?,18?,19-,20?,22?,23?/m0/s1. The van der Waals surface area contributed by atoms with Crippen molar-refractivity contribution >= 4 is 11.9 Å². The number of alkyl halides is 5. The highest BCUT2D eigenvalue weighted by atomic mass is 19.4. The first kappa shape index (κ1) is 31.2. The Balaban J connectivity index is 1.47. The van der Waals surface area contributed by atoms with E-state index in [2.05, 4.69) is 5.32 Å². The van der Waals surface area contributed by atoms with Gasteiger partial charge in [-0.2, -0.15) is 13.2 Å². The van der Waals surface area contributed by atoms with Crippen LogP contribution in [0.25, 0.3) is 0 Å². The maximum atomic E-state index is 15.1. The molecule has 230 valence electrons. The largest absolute Gasteiger partial charge is 0.480 e. The van der Waals surface area contributed by atoms with E-state index in [1.165, 1.54) is 21.4 Å². The minimum Gasteiger partial charge on any atom is -0.480 e. The van der Waals surface area contributed by atoms with Gasteiger partial charge in [0.2, 0.25) is 5.91 Å². The maximum Gasteiger partial charge on any atom is 0.401 e. The molecule has 8 unspecified atom stereocenters. The van der Waals surface area contributed by atoms with E-state index >= 15 is 4.39 Å². The maximum absolute atomic E-state index is 15.1. The lowest BCUT2D eigenvalue weighted by Crippen LogP contribution is -2.57. The van der Waals surface area contributed by atoms with Crippen molar-refractivity contribution in [3.05, 3.63) is 33.1 Å². The van der Waals surface area contributed by atoms with Crippen LogP contribution in [0.3, 0.4) is 0 Å². The van der Waals surface area contributed by atoms with E-state index in [0.717, 1.165) is 25.7 Å². The summed E-state index contributed by atoms with van der Waals surface area (Å²) in [6.45, 7) is -1.49. The number of carboxylic acid groups (broad SMARTS) is 1. The number of carbonyl (C=O) groups excluding carboxylic acids is 1. The second-order valence-corrected chi connectivity index (χ2v) is 11.7. The van der Waals surface area contributed by atoms with Crippen LogP contribution in [-0.2, 0) is 16.6 Å². The first-order valence-corrected chi connectivity index (χ1v) is 14.2. The zero-order valence-electron chi connectivity index (χ0n) is 22.8. The number of halogens is 5. The number of carbonyl (C=O) groups is 2. The van der Waals surface area contributed by atoms with E-state index in [4.69, 9.17) is 0 Å². The lowest BCUT2D eigenvalue weighted by Gasteiger charge is -2.46. The van der Waals surface area contributed by atoms with Gasteiger partial charge in [0.25, 0.3) is 5.56 Å². The van der Waals surface area contributed by atoms with E-state index in [1.54, 1.807) is 7.05 Å². The van der Waals surface area contributed by atoms with Gasteiger partial charge >= 0.3 is 17.8 Å². The molecular weight excluding hydrogens is 555 g/mol. The van der Waals surface area contributed by atoms with Crippen LogP contribution in [0.4, 0.5) is 22.0 Å². The predicted molar refractivity (Wildman–Crippen MR) is 138 cm³/mol. The van der Waals surface area contributed by atoms with Crippen LogP contribution in [0.2, 0.25) is 0 Å². The first-order valence-electron chi connectivity index (χ1n) is 14.2. The molecule has 0 radical (unpaired) electrons.